The van der Waals surface area contributed by atoms with Crippen molar-refractivity contribution in [1.82, 2.24) is 19.4 Å². The molecule has 1 unspecified atom stereocenters. The Morgan fingerprint density at radius 2 is 1.67 bits per heavy atom. The van der Waals surface area contributed by atoms with Gasteiger partial charge < -0.3 is 19.4 Å². The zero-order valence-electron chi connectivity index (χ0n) is 25.7. The fraction of sp³-hybridized carbons (Fsp3) is 0.562. The van der Waals surface area contributed by atoms with E-state index in [4.69, 9.17) is 26.3 Å². The largest absolute Gasteiger partial charge is 0.444 e. The first kappa shape index (κ1) is 30.1. The Bertz CT molecular complexity index is 1500. The molecule has 0 N–H and O–H groups in total. The van der Waals surface area contributed by atoms with Crippen LogP contribution < -0.4 is 15.5 Å². The summed E-state index contributed by atoms with van der Waals surface area (Å²) in [5, 5.41) is 1.28. The normalized spacial score (nSPS) is 18.1. The number of halogens is 1. The molecule has 9 nitrogen and oxygen atoms in total. The van der Waals surface area contributed by atoms with Crippen molar-refractivity contribution in [2.24, 2.45) is 0 Å². The maximum Gasteiger partial charge on any atom is 0.410 e. The molecule has 0 bridgehead atoms. The van der Waals surface area contributed by atoms with E-state index in [1.165, 1.54) is 6.42 Å². The lowest BCUT2D eigenvalue weighted by Crippen LogP contribution is -2.55. The van der Waals surface area contributed by atoms with E-state index in [1.807, 2.05) is 39.8 Å². The van der Waals surface area contributed by atoms with Crippen LogP contribution in [0.4, 0.5) is 16.4 Å². The summed E-state index contributed by atoms with van der Waals surface area (Å²) in [7, 11) is 0. The molecule has 3 aromatic rings. The van der Waals surface area contributed by atoms with Gasteiger partial charge in [-0.25, -0.2) is 19.1 Å². The van der Waals surface area contributed by atoms with Gasteiger partial charge in [0.2, 0.25) is 0 Å². The van der Waals surface area contributed by atoms with Crippen molar-refractivity contribution in [3.8, 4) is 5.69 Å². The number of hydrogen-bond donors (Lipinski definition) is 0. The van der Waals surface area contributed by atoms with Crippen LogP contribution in [0.15, 0.2) is 29.1 Å². The van der Waals surface area contributed by atoms with Crippen LogP contribution in [0.2, 0.25) is 5.02 Å². The van der Waals surface area contributed by atoms with Crippen LogP contribution in [0.25, 0.3) is 16.7 Å². The van der Waals surface area contributed by atoms with Crippen molar-refractivity contribution in [1.29, 1.82) is 0 Å². The zero-order chi connectivity index (χ0) is 30.2. The molecule has 0 radical (unpaired) electrons. The number of carbonyl (C=O) groups excluding carboxylic acids is 1. The number of ether oxygens (including phenoxy) is 1. The molecule has 226 valence electrons. The number of amides is 1. The number of aromatic nitrogens is 3. The molecule has 10 heteroatoms. The Hall–Kier alpha value is -3.33. The molecule has 4 heterocycles. The molecule has 5 rings (SSSR count). The number of piperidine rings is 1. The molecule has 42 heavy (non-hydrogen) atoms. The number of hydrogen-bond acceptors (Lipinski definition) is 7. The number of para-hydroxylation sites is 1. The molecule has 0 spiro atoms. The summed E-state index contributed by atoms with van der Waals surface area (Å²) in [6.07, 6.45) is 4.58. The molecule has 1 amide bonds. The van der Waals surface area contributed by atoms with Crippen LogP contribution in [0.5, 0.6) is 0 Å². The highest BCUT2D eigenvalue weighted by molar-refractivity contribution is 6.33. The Labute approximate surface area is 253 Å². The minimum atomic E-state index is -0.569. The third kappa shape index (κ3) is 5.93. The summed E-state index contributed by atoms with van der Waals surface area (Å²) < 4.78 is 7.31. The average Bonchev–Trinajstić information content (AvgIpc) is 2.96. The van der Waals surface area contributed by atoms with Gasteiger partial charge >= 0.3 is 11.8 Å². The Balaban J connectivity index is 1.66. The van der Waals surface area contributed by atoms with Crippen molar-refractivity contribution in [2.45, 2.75) is 85.3 Å². The third-order valence-electron chi connectivity index (χ3n) is 8.18. The third-order valence-corrected chi connectivity index (χ3v) is 8.46. The van der Waals surface area contributed by atoms with Crippen molar-refractivity contribution in [2.75, 3.05) is 42.5 Å². The molecular formula is C32H43ClN6O3. The van der Waals surface area contributed by atoms with Crippen molar-refractivity contribution >= 4 is 40.4 Å². The molecule has 0 aliphatic carbocycles. The summed E-state index contributed by atoms with van der Waals surface area (Å²) in [6.45, 7) is 15.0. The first-order chi connectivity index (χ1) is 20.0. The summed E-state index contributed by atoms with van der Waals surface area (Å²) in [4.78, 5) is 42.8. The lowest BCUT2D eigenvalue weighted by atomic mass is 10.0. The van der Waals surface area contributed by atoms with Crippen LogP contribution >= 0.6 is 11.6 Å². The highest BCUT2D eigenvalue weighted by Gasteiger charge is 2.33. The van der Waals surface area contributed by atoms with Crippen LogP contribution in [0.3, 0.4) is 0 Å². The highest BCUT2D eigenvalue weighted by atomic mass is 35.5. The van der Waals surface area contributed by atoms with Crippen molar-refractivity contribution in [3.63, 3.8) is 0 Å². The predicted octanol–water partition coefficient (Wildman–Crippen LogP) is 5.99. The number of anilines is 2. The number of carbonyl (C=O) groups is 1. The van der Waals surface area contributed by atoms with Crippen LogP contribution in [0, 0.1) is 0 Å². The topological polar surface area (TPSA) is 83.8 Å². The molecule has 2 aliphatic heterocycles. The minimum Gasteiger partial charge on any atom is -0.444 e. The van der Waals surface area contributed by atoms with Gasteiger partial charge in [-0.3, -0.25) is 0 Å². The molecule has 2 aliphatic rings. The molecule has 2 fully saturated rings. The minimum absolute atomic E-state index is 0.105. The van der Waals surface area contributed by atoms with Gasteiger partial charge in [0.05, 0.1) is 16.1 Å². The van der Waals surface area contributed by atoms with E-state index in [0.29, 0.717) is 41.9 Å². The second-order valence-corrected chi connectivity index (χ2v) is 12.8. The van der Waals surface area contributed by atoms with E-state index in [-0.39, 0.29) is 17.8 Å². The summed E-state index contributed by atoms with van der Waals surface area (Å²) in [5.74, 6) is 1.26. The molecule has 1 atom stereocenters. The first-order valence-electron chi connectivity index (χ1n) is 15.3. The van der Waals surface area contributed by atoms with E-state index in [1.54, 1.807) is 9.47 Å². The van der Waals surface area contributed by atoms with Gasteiger partial charge in [0, 0.05) is 38.8 Å². The zero-order valence-corrected chi connectivity index (χ0v) is 26.5. The summed E-state index contributed by atoms with van der Waals surface area (Å²) in [5.41, 5.74) is 2.63. The summed E-state index contributed by atoms with van der Waals surface area (Å²) >= 11 is 6.96. The van der Waals surface area contributed by atoms with E-state index >= 15 is 0 Å². The maximum atomic E-state index is 14.1. The smallest absolute Gasteiger partial charge is 0.410 e. The maximum absolute atomic E-state index is 14.1. The SMILES string of the molecule is CCc1cccc(CC)c1-n1c(=O)nc(N2CCN(C(=O)OC(C)(C)C)CC2C)c2cc(Cl)c(N3CCCCC3)nc21. The van der Waals surface area contributed by atoms with Crippen LogP contribution in [-0.2, 0) is 17.6 Å². The second kappa shape index (κ2) is 12.1. The number of aryl methyl sites for hydroxylation is 2. The van der Waals surface area contributed by atoms with Gasteiger partial charge in [-0.15, -0.1) is 0 Å². The van der Waals surface area contributed by atoms with Gasteiger partial charge in [0.15, 0.2) is 5.65 Å². The Kier molecular flexibility index (Phi) is 8.69. The van der Waals surface area contributed by atoms with E-state index < -0.39 is 5.60 Å². The average molecular weight is 595 g/mol. The monoisotopic (exact) mass is 594 g/mol. The van der Waals surface area contributed by atoms with Gasteiger partial charge in [-0.1, -0.05) is 43.6 Å². The summed E-state index contributed by atoms with van der Waals surface area (Å²) in [6, 6.07) is 8.01. The molecule has 2 saturated heterocycles. The first-order valence-corrected chi connectivity index (χ1v) is 15.6. The standard InChI is InChI=1S/C32H43ClN6O3/c1-7-22-13-12-14-23(8-2)26(22)39-28-24(19-25(33)29(34-28)36-15-10-9-11-16-36)27(35-30(39)40)38-18-17-37(20-21(38)3)31(41)42-32(4,5)6/h12-14,19,21H,7-11,15-18,20H2,1-6H3. The van der Waals surface area contributed by atoms with Crippen molar-refractivity contribution < 1.29 is 9.53 Å². The van der Waals surface area contributed by atoms with E-state index in [2.05, 4.69) is 35.8 Å². The fourth-order valence-electron chi connectivity index (χ4n) is 6.11. The second-order valence-electron chi connectivity index (χ2n) is 12.4. The molecular weight excluding hydrogens is 552 g/mol. The lowest BCUT2D eigenvalue weighted by Gasteiger charge is -2.41. The quantitative estimate of drug-likeness (QED) is 0.358. The fourth-order valence-corrected chi connectivity index (χ4v) is 6.38. The van der Waals surface area contributed by atoms with Gasteiger partial charge in [0.25, 0.3) is 0 Å². The Morgan fingerprint density at radius 1 is 1.00 bits per heavy atom. The predicted molar refractivity (Wildman–Crippen MR) is 170 cm³/mol. The number of piperazine rings is 1. The number of nitrogens with zero attached hydrogens (tertiary/aromatic N) is 6. The lowest BCUT2D eigenvalue weighted by molar-refractivity contribution is 0.0218. The van der Waals surface area contributed by atoms with Crippen LogP contribution in [0.1, 0.15) is 71.9 Å². The number of benzene rings is 1. The molecule has 0 saturated carbocycles. The Morgan fingerprint density at radius 3 is 2.26 bits per heavy atom. The van der Waals surface area contributed by atoms with Gasteiger partial charge in [0.1, 0.15) is 17.2 Å². The van der Waals surface area contributed by atoms with Gasteiger partial charge in [-0.05, 0) is 77.0 Å². The van der Waals surface area contributed by atoms with E-state index in [9.17, 15) is 9.59 Å². The molecule has 2 aromatic heterocycles. The number of fused-ring (bicyclic) bond motifs is 1. The van der Waals surface area contributed by atoms with Gasteiger partial charge in [-0.2, -0.15) is 4.98 Å². The van der Waals surface area contributed by atoms with Crippen LogP contribution in [-0.4, -0.2) is 69.9 Å². The number of rotatable bonds is 5. The van der Waals surface area contributed by atoms with E-state index in [0.717, 1.165) is 61.0 Å². The molecule has 1 aromatic carbocycles. The van der Waals surface area contributed by atoms with Crippen molar-refractivity contribution in [3.05, 3.63) is 50.9 Å². The highest BCUT2D eigenvalue weighted by Crippen LogP contribution is 2.35. The number of pyridine rings is 1.